The SMILES string of the molecule is O=C(O)c1cc(NCc2ccccc2)cc(NCc2ccccc2)c1. The lowest BCUT2D eigenvalue weighted by Gasteiger charge is -2.12. The zero-order valence-corrected chi connectivity index (χ0v) is 13.8. The van der Waals surface area contributed by atoms with E-state index in [1.54, 1.807) is 12.1 Å². The number of rotatable bonds is 7. The molecule has 0 heterocycles. The molecule has 3 aromatic rings. The minimum absolute atomic E-state index is 0.258. The Morgan fingerprint density at radius 1 is 0.720 bits per heavy atom. The van der Waals surface area contributed by atoms with Crippen molar-refractivity contribution in [1.82, 2.24) is 0 Å². The summed E-state index contributed by atoms with van der Waals surface area (Å²) in [5, 5.41) is 15.9. The highest BCUT2D eigenvalue weighted by molar-refractivity contribution is 5.90. The molecular formula is C21H20N2O2. The minimum Gasteiger partial charge on any atom is -0.478 e. The average molecular weight is 332 g/mol. The molecule has 25 heavy (non-hydrogen) atoms. The van der Waals surface area contributed by atoms with E-state index in [0.717, 1.165) is 22.5 Å². The summed E-state index contributed by atoms with van der Waals surface area (Å²) in [4.78, 5) is 11.4. The Bertz CT molecular complexity index is 771. The van der Waals surface area contributed by atoms with Crippen LogP contribution in [0.2, 0.25) is 0 Å². The average Bonchev–Trinajstić information content (AvgIpc) is 2.66. The molecule has 0 unspecified atom stereocenters. The molecule has 0 spiro atoms. The fourth-order valence-corrected chi connectivity index (χ4v) is 2.56. The molecule has 0 radical (unpaired) electrons. The summed E-state index contributed by atoms with van der Waals surface area (Å²) in [6.45, 7) is 1.28. The van der Waals surface area contributed by atoms with Gasteiger partial charge in [0.15, 0.2) is 0 Å². The van der Waals surface area contributed by atoms with Crippen LogP contribution in [0, 0.1) is 0 Å². The summed E-state index contributed by atoms with van der Waals surface area (Å²) in [7, 11) is 0. The predicted octanol–water partition coefficient (Wildman–Crippen LogP) is 4.61. The highest BCUT2D eigenvalue weighted by Gasteiger charge is 2.07. The molecule has 0 aromatic heterocycles. The quantitative estimate of drug-likeness (QED) is 0.591. The zero-order chi connectivity index (χ0) is 17.5. The van der Waals surface area contributed by atoms with E-state index >= 15 is 0 Å². The van der Waals surface area contributed by atoms with E-state index in [9.17, 15) is 9.90 Å². The maximum Gasteiger partial charge on any atom is 0.335 e. The number of benzene rings is 3. The number of carboxylic acids is 1. The van der Waals surface area contributed by atoms with Gasteiger partial charge in [0.25, 0.3) is 0 Å². The van der Waals surface area contributed by atoms with Crippen molar-refractivity contribution in [3.8, 4) is 0 Å². The molecule has 0 aliphatic heterocycles. The summed E-state index contributed by atoms with van der Waals surface area (Å²) in [5.74, 6) is -0.939. The molecule has 0 saturated carbocycles. The Morgan fingerprint density at radius 3 is 1.56 bits per heavy atom. The largest absolute Gasteiger partial charge is 0.478 e. The lowest BCUT2D eigenvalue weighted by molar-refractivity contribution is 0.0697. The predicted molar refractivity (Wildman–Crippen MR) is 101 cm³/mol. The number of hydrogen-bond acceptors (Lipinski definition) is 3. The normalized spacial score (nSPS) is 10.2. The molecule has 0 saturated heterocycles. The van der Waals surface area contributed by atoms with Crippen LogP contribution in [-0.2, 0) is 13.1 Å². The van der Waals surface area contributed by atoms with Crippen molar-refractivity contribution in [1.29, 1.82) is 0 Å². The summed E-state index contributed by atoms with van der Waals surface area (Å²) in [6.07, 6.45) is 0. The topological polar surface area (TPSA) is 61.4 Å². The van der Waals surface area contributed by atoms with Gasteiger partial charge in [-0.05, 0) is 29.3 Å². The van der Waals surface area contributed by atoms with Gasteiger partial charge in [-0.15, -0.1) is 0 Å². The van der Waals surface area contributed by atoms with Gasteiger partial charge in [0.05, 0.1) is 5.56 Å². The van der Waals surface area contributed by atoms with Gasteiger partial charge in [-0.3, -0.25) is 0 Å². The van der Waals surface area contributed by atoms with Crippen molar-refractivity contribution < 1.29 is 9.90 Å². The zero-order valence-electron chi connectivity index (χ0n) is 13.8. The van der Waals surface area contributed by atoms with Crippen molar-refractivity contribution >= 4 is 17.3 Å². The Morgan fingerprint density at radius 2 is 1.16 bits per heavy atom. The Kier molecular flexibility index (Phi) is 5.32. The summed E-state index contributed by atoms with van der Waals surface area (Å²) < 4.78 is 0. The third-order valence-electron chi connectivity index (χ3n) is 3.86. The first-order valence-electron chi connectivity index (χ1n) is 8.15. The van der Waals surface area contributed by atoms with Crippen LogP contribution in [0.3, 0.4) is 0 Å². The second-order valence-corrected chi connectivity index (χ2v) is 5.78. The highest BCUT2D eigenvalue weighted by Crippen LogP contribution is 2.21. The van der Waals surface area contributed by atoms with E-state index in [2.05, 4.69) is 10.6 Å². The van der Waals surface area contributed by atoms with Gasteiger partial charge in [-0.2, -0.15) is 0 Å². The lowest BCUT2D eigenvalue weighted by atomic mass is 10.1. The van der Waals surface area contributed by atoms with Gasteiger partial charge in [-0.25, -0.2) is 4.79 Å². The molecule has 3 rings (SSSR count). The Hall–Kier alpha value is -3.27. The minimum atomic E-state index is -0.939. The monoisotopic (exact) mass is 332 g/mol. The number of hydrogen-bond donors (Lipinski definition) is 3. The van der Waals surface area contributed by atoms with Crippen LogP contribution < -0.4 is 10.6 Å². The van der Waals surface area contributed by atoms with Crippen molar-refractivity contribution in [3.05, 3.63) is 95.6 Å². The summed E-state index contributed by atoms with van der Waals surface area (Å²) >= 11 is 0. The van der Waals surface area contributed by atoms with Gasteiger partial charge in [0.1, 0.15) is 0 Å². The third-order valence-corrected chi connectivity index (χ3v) is 3.86. The van der Waals surface area contributed by atoms with Gasteiger partial charge in [0, 0.05) is 24.5 Å². The molecule has 3 N–H and O–H groups in total. The molecule has 4 nitrogen and oxygen atoms in total. The summed E-state index contributed by atoms with van der Waals surface area (Å²) in [5.41, 5.74) is 4.09. The molecule has 126 valence electrons. The van der Waals surface area contributed by atoms with Gasteiger partial charge < -0.3 is 15.7 Å². The van der Waals surface area contributed by atoms with E-state index in [1.165, 1.54) is 0 Å². The van der Waals surface area contributed by atoms with Crippen molar-refractivity contribution in [2.75, 3.05) is 10.6 Å². The van der Waals surface area contributed by atoms with E-state index in [1.807, 2.05) is 66.7 Å². The number of aromatic carboxylic acids is 1. The fraction of sp³-hybridized carbons (Fsp3) is 0.0952. The molecule has 0 aliphatic rings. The second kappa shape index (κ2) is 8.02. The van der Waals surface area contributed by atoms with E-state index in [-0.39, 0.29) is 5.56 Å². The molecule has 0 fully saturated rings. The molecule has 0 bridgehead atoms. The standard InChI is InChI=1S/C21H20N2O2/c24-21(25)18-11-19(22-14-16-7-3-1-4-8-16)13-20(12-18)23-15-17-9-5-2-6-10-17/h1-13,22-23H,14-15H2,(H,24,25). The highest BCUT2D eigenvalue weighted by atomic mass is 16.4. The molecule has 0 aliphatic carbocycles. The number of carbonyl (C=O) groups is 1. The van der Waals surface area contributed by atoms with Crippen LogP contribution in [-0.4, -0.2) is 11.1 Å². The smallest absolute Gasteiger partial charge is 0.335 e. The molecule has 3 aromatic carbocycles. The maximum absolute atomic E-state index is 11.4. The first-order valence-corrected chi connectivity index (χ1v) is 8.15. The molecule has 4 heteroatoms. The van der Waals surface area contributed by atoms with Gasteiger partial charge >= 0.3 is 5.97 Å². The van der Waals surface area contributed by atoms with E-state index in [0.29, 0.717) is 13.1 Å². The van der Waals surface area contributed by atoms with Gasteiger partial charge in [-0.1, -0.05) is 60.7 Å². The number of anilines is 2. The molecule has 0 atom stereocenters. The van der Waals surface area contributed by atoms with Crippen LogP contribution in [0.15, 0.2) is 78.9 Å². The molecular weight excluding hydrogens is 312 g/mol. The van der Waals surface area contributed by atoms with Crippen LogP contribution >= 0.6 is 0 Å². The fourth-order valence-electron chi connectivity index (χ4n) is 2.56. The van der Waals surface area contributed by atoms with Crippen LogP contribution in [0.4, 0.5) is 11.4 Å². The van der Waals surface area contributed by atoms with E-state index < -0.39 is 5.97 Å². The first-order chi connectivity index (χ1) is 12.2. The van der Waals surface area contributed by atoms with Crippen LogP contribution in [0.25, 0.3) is 0 Å². The van der Waals surface area contributed by atoms with Crippen LogP contribution in [0.1, 0.15) is 21.5 Å². The van der Waals surface area contributed by atoms with Crippen LogP contribution in [0.5, 0.6) is 0 Å². The lowest BCUT2D eigenvalue weighted by Crippen LogP contribution is -2.05. The Balaban J connectivity index is 1.73. The summed E-state index contributed by atoms with van der Waals surface area (Å²) in [6, 6.07) is 25.2. The van der Waals surface area contributed by atoms with Gasteiger partial charge in [0.2, 0.25) is 0 Å². The van der Waals surface area contributed by atoms with Crippen molar-refractivity contribution in [3.63, 3.8) is 0 Å². The van der Waals surface area contributed by atoms with Crippen molar-refractivity contribution in [2.45, 2.75) is 13.1 Å². The van der Waals surface area contributed by atoms with Crippen molar-refractivity contribution in [2.24, 2.45) is 0 Å². The first kappa shape index (κ1) is 16.6. The maximum atomic E-state index is 11.4. The van der Waals surface area contributed by atoms with E-state index in [4.69, 9.17) is 0 Å². The third kappa shape index (κ3) is 4.85. The number of nitrogens with one attached hydrogen (secondary N) is 2. The number of carboxylic acid groups (broad SMARTS) is 1. The second-order valence-electron chi connectivity index (χ2n) is 5.78. The molecule has 0 amide bonds. The Labute approximate surface area is 147 Å².